The molecule has 1 heterocycles. The predicted molar refractivity (Wildman–Crippen MR) is 77.6 cm³/mol. The molecule has 0 spiro atoms. The molecule has 0 unspecified atom stereocenters. The number of aromatic nitrogens is 4. The number of benzene rings is 2. The van der Waals surface area contributed by atoms with Gasteiger partial charge in [-0.1, -0.05) is 24.3 Å². The number of rotatable bonds is 4. The molecule has 6 heteroatoms. The van der Waals surface area contributed by atoms with Gasteiger partial charge in [-0.25, -0.2) is 0 Å². The number of tetrazole rings is 1. The van der Waals surface area contributed by atoms with Crippen LogP contribution in [0.4, 0.5) is 5.69 Å². The lowest BCUT2D eigenvalue weighted by Gasteiger charge is -2.07. The van der Waals surface area contributed by atoms with Crippen LogP contribution in [-0.2, 0) is 6.54 Å². The van der Waals surface area contributed by atoms with Crippen molar-refractivity contribution in [1.29, 1.82) is 5.26 Å². The van der Waals surface area contributed by atoms with E-state index in [1.165, 1.54) is 0 Å². The van der Waals surface area contributed by atoms with Crippen molar-refractivity contribution in [3.8, 4) is 11.8 Å². The Morgan fingerprint density at radius 3 is 2.76 bits per heavy atom. The molecule has 21 heavy (non-hydrogen) atoms. The minimum absolute atomic E-state index is 0.469. The van der Waals surface area contributed by atoms with Gasteiger partial charge < -0.3 is 5.32 Å². The van der Waals surface area contributed by atoms with Gasteiger partial charge in [0, 0.05) is 5.69 Å². The Kier molecular flexibility index (Phi) is 3.56. The van der Waals surface area contributed by atoms with Crippen LogP contribution in [0.25, 0.3) is 5.69 Å². The quantitative estimate of drug-likeness (QED) is 0.789. The standard InChI is InChI=1S/C15H12N6/c16-10-12-5-4-6-13(9-12)17-11-15-18-19-20-21(15)14-7-2-1-3-8-14/h1-9,17H,11H2. The first-order chi connectivity index (χ1) is 10.4. The highest BCUT2D eigenvalue weighted by Crippen LogP contribution is 2.12. The van der Waals surface area contributed by atoms with Crippen molar-refractivity contribution in [3.63, 3.8) is 0 Å². The Hall–Kier alpha value is -3.20. The maximum Gasteiger partial charge on any atom is 0.175 e. The third kappa shape index (κ3) is 2.87. The van der Waals surface area contributed by atoms with Crippen molar-refractivity contribution >= 4 is 5.69 Å². The Morgan fingerprint density at radius 2 is 1.95 bits per heavy atom. The van der Waals surface area contributed by atoms with E-state index in [0.717, 1.165) is 11.4 Å². The summed E-state index contributed by atoms with van der Waals surface area (Å²) >= 11 is 0. The van der Waals surface area contributed by atoms with Crippen LogP contribution in [0.1, 0.15) is 11.4 Å². The molecule has 0 fully saturated rings. The predicted octanol–water partition coefficient (Wildman–Crippen LogP) is 2.15. The van der Waals surface area contributed by atoms with Gasteiger partial charge in [0.25, 0.3) is 0 Å². The van der Waals surface area contributed by atoms with E-state index in [-0.39, 0.29) is 0 Å². The van der Waals surface area contributed by atoms with E-state index in [2.05, 4.69) is 26.9 Å². The van der Waals surface area contributed by atoms with E-state index in [9.17, 15) is 0 Å². The number of nitriles is 1. The summed E-state index contributed by atoms with van der Waals surface area (Å²) in [5, 5.41) is 23.8. The number of hydrogen-bond donors (Lipinski definition) is 1. The molecular weight excluding hydrogens is 264 g/mol. The van der Waals surface area contributed by atoms with E-state index < -0.39 is 0 Å². The molecule has 0 amide bonds. The molecule has 1 aromatic heterocycles. The Balaban J connectivity index is 1.78. The number of hydrogen-bond acceptors (Lipinski definition) is 5. The van der Waals surface area contributed by atoms with E-state index in [4.69, 9.17) is 5.26 Å². The van der Waals surface area contributed by atoms with Gasteiger partial charge in [-0.3, -0.25) is 0 Å². The summed E-state index contributed by atoms with van der Waals surface area (Å²) in [5.74, 6) is 0.698. The molecule has 3 rings (SSSR count). The highest BCUT2D eigenvalue weighted by molar-refractivity contribution is 5.49. The van der Waals surface area contributed by atoms with E-state index in [0.29, 0.717) is 17.9 Å². The topological polar surface area (TPSA) is 79.4 Å². The Labute approximate surface area is 121 Å². The molecule has 0 aliphatic carbocycles. The minimum atomic E-state index is 0.469. The lowest BCUT2D eigenvalue weighted by molar-refractivity contribution is 0.768. The average Bonchev–Trinajstić information content (AvgIpc) is 3.02. The first-order valence-electron chi connectivity index (χ1n) is 6.43. The van der Waals surface area contributed by atoms with Crippen molar-refractivity contribution in [3.05, 3.63) is 66.0 Å². The molecule has 0 aliphatic heterocycles. The molecule has 1 N–H and O–H groups in total. The fourth-order valence-corrected chi connectivity index (χ4v) is 1.97. The second-order valence-electron chi connectivity index (χ2n) is 4.39. The summed E-state index contributed by atoms with van der Waals surface area (Å²) in [7, 11) is 0. The molecule has 0 saturated heterocycles. The summed E-state index contributed by atoms with van der Waals surface area (Å²) in [5.41, 5.74) is 2.38. The molecule has 0 radical (unpaired) electrons. The SMILES string of the molecule is N#Cc1cccc(NCc2nnnn2-c2ccccc2)c1. The first-order valence-corrected chi connectivity index (χ1v) is 6.43. The molecule has 102 valence electrons. The third-order valence-corrected chi connectivity index (χ3v) is 2.98. The van der Waals surface area contributed by atoms with Crippen LogP contribution in [0, 0.1) is 11.3 Å². The highest BCUT2D eigenvalue weighted by atomic mass is 15.5. The van der Waals surface area contributed by atoms with E-state index in [1.54, 1.807) is 16.8 Å². The molecule has 3 aromatic rings. The smallest absolute Gasteiger partial charge is 0.175 e. The first kappa shape index (κ1) is 12.8. The van der Waals surface area contributed by atoms with E-state index in [1.807, 2.05) is 42.5 Å². The van der Waals surface area contributed by atoms with Crippen molar-refractivity contribution in [2.45, 2.75) is 6.54 Å². The van der Waals surface area contributed by atoms with Gasteiger partial charge in [-0.15, -0.1) is 5.10 Å². The van der Waals surface area contributed by atoms with Gasteiger partial charge in [0.15, 0.2) is 5.82 Å². The van der Waals surface area contributed by atoms with E-state index >= 15 is 0 Å². The van der Waals surface area contributed by atoms with Gasteiger partial charge in [-0.05, 0) is 40.8 Å². The normalized spacial score (nSPS) is 10.0. The Morgan fingerprint density at radius 1 is 1.10 bits per heavy atom. The van der Waals surface area contributed by atoms with Crippen LogP contribution in [0.5, 0.6) is 0 Å². The molecule has 2 aromatic carbocycles. The second kappa shape index (κ2) is 5.84. The van der Waals surface area contributed by atoms with Crippen LogP contribution in [-0.4, -0.2) is 20.2 Å². The van der Waals surface area contributed by atoms with Crippen molar-refractivity contribution in [1.82, 2.24) is 20.2 Å². The Bertz CT molecular complexity index is 772. The zero-order valence-electron chi connectivity index (χ0n) is 11.1. The highest BCUT2D eigenvalue weighted by Gasteiger charge is 2.07. The lowest BCUT2D eigenvalue weighted by Crippen LogP contribution is -2.08. The fourth-order valence-electron chi connectivity index (χ4n) is 1.97. The van der Waals surface area contributed by atoms with Crippen LogP contribution >= 0.6 is 0 Å². The van der Waals surface area contributed by atoms with Crippen LogP contribution in [0.15, 0.2) is 54.6 Å². The maximum atomic E-state index is 8.89. The molecule has 6 nitrogen and oxygen atoms in total. The summed E-state index contributed by atoms with van der Waals surface area (Å²) in [6.45, 7) is 0.469. The zero-order chi connectivity index (χ0) is 14.5. The van der Waals surface area contributed by atoms with Gasteiger partial charge in [0.05, 0.1) is 23.9 Å². The maximum absolute atomic E-state index is 8.89. The number of nitrogens with zero attached hydrogens (tertiary/aromatic N) is 5. The number of nitrogens with one attached hydrogen (secondary N) is 1. The van der Waals surface area contributed by atoms with Crippen LogP contribution in [0.3, 0.4) is 0 Å². The van der Waals surface area contributed by atoms with Crippen molar-refractivity contribution in [2.24, 2.45) is 0 Å². The second-order valence-corrected chi connectivity index (χ2v) is 4.39. The monoisotopic (exact) mass is 276 g/mol. The van der Waals surface area contributed by atoms with Crippen LogP contribution in [0.2, 0.25) is 0 Å². The van der Waals surface area contributed by atoms with Gasteiger partial charge in [0.2, 0.25) is 0 Å². The summed E-state index contributed by atoms with van der Waals surface area (Å²) in [6, 6.07) is 19.1. The van der Waals surface area contributed by atoms with Crippen molar-refractivity contribution < 1.29 is 0 Å². The molecular formula is C15H12N6. The molecule has 0 aliphatic rings. The average molecular weight is 276 g/mol. The molecule has 0 saturated carbocycles. The minimum Gasteiger partial charge on any atom is -0.378 e. The largest absolute Gasteiger partial charge is 0.378 e. The van der Waals surface area contributed by atoms with Crippen LogP contribution < -0.4 is 5.32 Å². The summed E-state index contributed by atoms with van der Waals surface area (Å²) < 4.78 is 1.68. The van der Waals surface area contributed by atoms with Gasteiger partial charge in [0.1, 0.15) is 0 Å². The van der Waals surface area contributed by atoms with Gasteiger partial charge >= 0.3 is 0 Å². The zero-order valence-corrected chi connectivity index (χ0v) is 11.1. The third-order valence-electron chi connectivity index (χ3n) is 2.98. The number of anilines is 1. The lowest BCUT2D eigenvalue weighted by atomic mass is 10.2. The fraction of sp³-hybridized carbons (Fsp3) is 0.0667. The summed E-state index contributed by atoms with van der Waals surface area (Å²) in [6.07, 6.45) is 0. The molecule has 0 bridgehead atoms. The number of para-hydroxylation sites is 1. The van der Waals surface area contributed by atoms with Crippen molar-refractivity contribution in [2.75, 3.05) is 5.32 Å². The molecule has 0 atom stereocenters. The van der Waals surface area contributed by atoms with Gasteiger partial charge in [-0.2, -0.15) is 9.94 Å². The summed E-state index contributed by atoms with van der Waals surface area (Å²) in [4.78, 5) is 0.